The van der Waals surface area contributed by atoms with Gasteiger partial charge in [-0.1, -0.05) is 26.0 Å². The Kier molecular flexibility index (Phi) is 6.29. The minimum atomic E-state index is -0.257. The van der Waals surface area contributed by atoms with E-state index >= 15 is 0 Å². The summed E-state index contributed by atoms with van der Waals surface area (Å²) in [5.41, 5.74) is 2.41. The van der Waals surface area contributed by atoms with Gasteiger partial charge in [-0.25, -0.2) is 4.98 Å². The van der Waals surface area contributed by atoms with E-state index in [0.29, 0.717) is 27.6 Å². The molecule has 6 nitrogen and oxygen atoms in total. The quantitative estimate of drug-likeness (QED) is 0.594. The molecule has 7 heteroatoms. The molecule has 29 heavy (non-hydrogen) atoms. The number of ether oxygens (including phenoxy) is 1. The van der Waals surface area contributed by atoms with Gasteiger partial charge in [-0.3, -0.25) is 9.59 Å². The van der Waals surface area contributed by atoms with Crippen LogP contribution in [-0.4, -0.2) is 23.9 Å². The molecule has 150 valence electrons. The van der Waals surface area contributed by atoms with Gasteiger partial charge in [0, 0.05) is 17.2 Å². The Morgan fingerprint density at radius 1 is 1.00 bits per heavy atom. The second kappa shape index (κ2) is 8.87. The number of nitrogens with zero attached hydrogens (tertiary/aromatic N) is 1. The Labute approximate surface area is 173 Å². The molecule has 0 radical (unpaired) electrons. The molecule has 0 fully saturated rings. The van der Waals surface area contributed by atoms with Crippen molar-refractivity contribution in [2.24, 2.45) is 0 Å². The number of nitrogens with one attached hydrogen (secondary N) is 2. The molecule has 1 heterocycles. The number of methoxy groups -OCH3 is 1. The van der Waals surface area contributed by atoms with Gasteiger partial charge in [0.1, 0.15) is 10.6 Å². The van der Waals surface area contributed by atoms with Crippen LogP contribution < -0.4 is 15.4 Å². The largest absolute Gasteiger partial charge is 0.495 e. The topological polar surface area (TPSA) is 80.3 Å². The predicted molar refractivity (Wildman–Crippen MR) is 116 cm³/mol. The Morgan fingerprint density at radius 3 is 2.31 bits per heavy atom. The van der Waals surface area contributed by atoms with Gasteiger partial charge in [-0.15, -0.1) is 11.3 Å². The van der Waals surface area contributed by atoms with Gasteiger partial charge >= 0.3 is 0 Å². The van der Waals surface area contributed by atoms with Gasteiger partial charge < -0.3 is 15.4 Å². The maximum atomic E-state index is 12.6. The van der Waals surface area contributed by atoms with Crippen LogP contribution in [0.15, 0.2) is 48.5 Å². The number of aromatic nitrogens is 1. The zero-order valence-electron chi connectivity index (χ0n) is 16.8. The van der Waals surface area contributed by atoms with Crippen LogP contribution in [0.3, 0.4) is 0 Å². The summed E-state index contributed by atoms with van der Waals surface area (Å²) in [7, 11) is 1.55. The van der Waals surface area contributed by atoms with Crippen molar-refractivity contribution in [3.63, 3.8) is 0 Å². The molecule has 0 saturated heterocycles. The minimum absolute atomic E-state index is 0.196. The molecule has 0 saturated carbocycles. The third-order valence-electron chi connectivity index (χ3n) is 4.27. The highest BCUT2D eigenvalue weighted by Crippen LogP contribution is 2.26. The molecule has 0 aliphatic rings. The molecule has 1 aromatic heterocycles. The lowest BCUT2D eigenvalue weighted by Gasteiger charge is -2.10. The van der Waals surface area contributed by atoms with Gasteiger partial charge in [0.2, 0.25) is 0 Å². The van der Waals surface area contributed by atoms with Crippen molar-refractivity contribution in [3.05, 3.63) is 69.7 Å². The van der Waals surface area contributed by atoms with Gasteiger partial charge in [-0.2, -0.15) is 0 Å². The highest BCUT2D eigenvalue weighted by molar-refractivity contribution is 7.14. The fraction of sp³-hybridized carbons (Fsp3) is 0.227. The summed E-state index contributed by atoms with van der Waals surface area (Å²) >= 11 is 1.41. The zero-order chi connectivity index (χ0) is 21.0. The van der Waals surface area contributed by atoms with E-state index in [1.54, 1.807) is 43.5 Å². The number of carbonyl (C=O) groups excluding carboxylic acids is 2. The monoisotopic (exact) mass is 409 g/mol. The molecule has 0 spiro atoms. The van der Waals surface area contributed by atoms with E-state index in [4.69, 9.17) is 4.74 Å². The van der Waals surface area contributed by atoms with Crippen molar-refractivity contribution in [3.8, 4) is 5.75 Å². The minimum Gasteiger partial charge on any atom is -0.495 e. The maximum absolute atomic E-state index is 12.6. The van der Waals surface area contributed by atoms with Crippen LogP contribution in [0.5, 0.6) is 5.75 Å². The molecular formula is C22H23N3O3S. The SMILES string of the molecule is COc1ccccc1NC(=O)c1ccc(NC(=O)c2sc(C(C)C)nc2C)cc1. The summed E-state index contributed by atoms with van der Waals surface area (Å²) in [6.07, 6.45) is 0. The van der Waals surface area contributed by atoms with Crippen LogP contribution >= 0.6 is 11.3 Å². The molecule has 3 rings (SSSR count). The second-order valence-electron chi connectivity index (χ2n) is 6.81. The van der Waals surface area contributed by atoms with E-state index in [1.165, 1.54) is 11.3 Å². The number of anilines is 2. The Bertz CT molecular complexity index is 1030. The van der Waals surface area contributed by atoms with Crippen molar-refractivity contribution in [2.45, 2.75) is 26.7 Å². The van der Waals surface area contributed by atoms with E-state index in [0.717, 1.165) is 10.7 Å². The molecule has 3 aromatic rings. The second-order valence-corrected chi connectivity index (χ2v) is 7.84. The number of aryl methyl sites for hydroxylation is 1. The molecular weight excluding hydrogens is 386 g/mol. The van der Waals surface area contributed by atoms with E-state index in [-0.39, 0.29) is 17.7 Å². The fourth-order valence-electron chi connectivity index (χ4n) is 2.71. The van der Waals surface area contributed by atoms with E-state index in [9.17, 15) is 9.59 Å². The first-order valence-corrected chi connectivity index (χ1v) is 10.0. The summed E-state index contributed by atoms with van der Waals surface area (Å²) in [4.78, 5) is 30.1. The molecule has 0 bridgehead atoms. The van der Waals surface area contributed by atoms with E-state index in [1.807, 2.05) is 19.1 Å². The molecule has 0 aliphatic carbocycles. The summed E-state index contributed by atoms with van der Waals surface area (Å²) in [5, 5.41) is 6.63. The summed E-state index contributed by atoms with van der Waals surface area (Å²) in [5.74, 6) is 0.414. The van der Waals surface area contributed by atoms with Crippen molar-refractivity contribution in [2.75, 3.05) is 17.7 Å². The molecule has 2 aromatic carbocycles. The van der Waals surface area contributed by atoms with Crippen molar-refractivity contribution in [1.29, 1.82) is 0 Å². The average molecular weight is 410 g/mol. The Hall–Kier alpha value is -3.19. The number of hydrogen-bond acceptors (Lipinski definition) is 5. The summed E-state index contributed by atoms with van der Waals surface area (Å²) < 4.78 is 5.25. The maximum Gasteiger partial charge on any atom is 0.267 e. The van der Waals surface area contributed by atoms with Gasteiger partial charge in [0.05, 0.1) is 23.5 Å². The zero-order valence-corrected chi connectivity index (χ0v) is 17.6. The lowest BCUT2D eigenvalue weighted by Crippen LogP contribution is -2.14. The highest BCUT2D eigenvalue weighted by atomic mass is 32.1. The van der Waals surface area contributed by atoms with Crippen molar-refractivity contribution >= 4 is 34.5 Å². The van der Waals surface area contributed by atoms with Crippen LogP contribution in [0.4, 0.5) is 11.4 Å². The third kappa shape index (κ3) is 4.81. The summed E-state index contributed by atoms with van der Waals surface area (Å²) in [6, 6.07) is 13.9. The smallest absolute Gasteiger partial charge is 0.267 e. The molecule has 0 unspecified atom stereocenters. The van der Waals surface area contributed by atoms with Gasteiger partial charge in [0.15, 0.2) is 0 Å². The summed E-state index contributed by atoms with van der Waals surface area (Å²) in [6.45, 7) is 5.94. The van der Waals surface area contributed by atoms with Crippen LogP contribution in [0.25, 0.3) is 0 Å². The van der Waals surface area contributed by atoms with Gasteiger partial charge in [0.25, 0.3) is 11.8 Å². The highest BCUT2D eigenvalue weighted by Gasteiger charge is 2.17. The number of thiazole rings is 1. The van der Waals surface area contributed by atoms with Crippen LogP contribution in [0.2, 0.25) is 0 Å². The van der Waals surface area contributed by atoms with E-state index < -0.39 is 0 Å². The van der Waals surface area contributed by atoms with Crippen LogP contribution in [0.1, 0.15) is 50.5 Å². The Morgan fingerprint density at radius 2 is 1.69 bits per heavy atom. The normalized spacial score (nSPS) is 10.7. The van der Waals surface area contributed by atoms with E-state index in [2.05, 4.69) is 29.5 Å². The fourth-order valence-corrected chi connectivity index (χ4v) is 3.67. The number of amides is 2. The third-order valence-corrected chi connectivity index (χ3v) is 5.73. The predicted octanol–water partition coefficient (Wildman–Crippen LogP) is 5.09. The molecule has 2 N–H and O–H groups in total. The molecule has 0 atom stereocenters. The number of carbonyl (C=O) groups is 2. The standard InChI is InChI=1S/C22H23N3O3S/c1-13(2)22-23-14(3)19(29-22)21(27)24-16-11-9-15(10-12-16)20(26)25-17-7-5-6-8-18(17)28-4/h5-13H,1-4H3,(H,24,27)(H,25,26). The lowest BCUT2D eigenvalue weighted by atomic mass is 10.2. The molecule has 2 amide bonds. The number of rotatable bonds is 6. The van der Waals surface area contributed by atoms with Crippen molar-refractivity contribution < 1.29 is 14.3 Å². The lowest BCUT2D eigenvalue weighted by molar-refractivity contribution is 0.102. The number of benzene rings is 2. The number of hydrogen-bond donors (Lipinski definition) is 2. The average Bonchev–Trinajstić information content (AvgIpc) is 3.11. The van der Waals surface area contributed by atoms with Crippen LogP contribution in [0, 0.1) is 6.92 Å². The van der Waals surface area contributed by atoms with Crippen molar-refractivity contribution in [1.82, 2.24) is 4.98 Å². The molecule has 0 aliphatic heterocycles. The first kappa shape index (κ1) is 20.5. The first-order valence-electron chi connectivity index (χ1n) is 9.22. The number of para-hydroxylation sites is 2. The van der Waals surface area contributed by atoms with Crippen LogP contribution in [-0.2, 0) is 0 Å². The Balaban J connectivity index is 1.68. The van der Waals surface area contributed by atoms with Gasteiger partial charge in [-0.05, 0) is 43.3 Å². The first-order chi connectivity index (χ1) is 13.9.